The number of anilines is 2. The van der Waals surface area contributed by atoms with Gasteiger partial charge in [-0.3, -0.25) is 0 Å². The van der Waals surface area contributed by atoms with Gasteiger partial charge in [-0.05, 0) is 37.6 Å². The molecule has 1 aliphatic heterocycles. The molecule has 122 valence electrons. The second-order valence-corrected chi connectivity index (χ2v) is 6.37. The Morgan fingerprint density at radius 3 is 2.43 bits per heavy atom. The quantitative estimate of drug-likeness (QED) is 0.852. The van der Waals surface area contributed by atoms with Gasteiger partial charge in [0.05, 0.1) is 5.69 Å². The molecule has 23 heavy (non-hydrogen) atoms. The van der Waals surface area contributed by atoms with Crippen LogP contribution in [0.2, 0.25) is 0 Å². The van der Waals surface area contributed by atoms with Crippen molar-refractivity contribution in [1.29, 1.82) is 0 Å². The van der Waals surface area contributed by atoms with Gasteiger partial charge in [0.1, 0.15) is 12.4 Å². The second-order valence-electron chi connectivity index (χ2n) is 6.37. The maximum absolute atomic E-state index is 6.19. The van der Waals surface area contributed by atoms with Crippen LogP contribution in [0.15, 0.2) is 48.5 Å². The number of nitrogens with zero attached hydrogens (tertiary/aromatic N) is 1. The zero-order valence-electron chi connectivity index (χ0n) is 13.8. The Balaban J connectivity index is 1.68. The Labute approximate surface area is 138 Å². The maximum atomic E-state index is 6.19. The van der Waals surface area contributed by atoms with Crippen LogP contribution in [0.1, 0.15) is 19.4 Å². The molecule has 0 spiro atoms. The zero-order valence-corrected chi connectivity index (χ0v) is 13.8. The summed E-state index contributed by atoms with van der Waals surface area (Å²) in [6, 6.07) is 17.2. The highest BCUT2D eigenvalue weighted by Crippen LogP contribution is 2.29. The van der Waals surface area contributed by atoms with E-state index in [4.69, 9.17) is 10.5 Å². The minimum absolute atomic E-state index is 0.481. The van der Waals surface area contributed by atoms with E-state index < -0.39 is 0 Å². The second kappa shape index (κ2) is 6.92. The van der Waals surface area contributed by atoms with Gasteiger partial charge in [-0.15, -0.1) is 0 Å². The molecule has 4 nitrogen and oxygen atoms in total. The average Bonchev–Trinajstić information content (AvgIpc) is 2.54. The summed E-state index contributed by atoms with van der Waals surface area (Å²) in [5, 5.41) is 3.55. The van der Waals surface area contributed by atoms with Crippen molar-refractivity contribution < 1.29 is 4.74 Å². The van der Waals surface area contributed by atoms with Crippen LogP contribution in [0.3, 0.4) is 0 Å². The van der Waals surface area contributed by atoms with E-state index in [9.17, 15) is 0 Å². The third-order valence-electron chi connectivity index (χ3n) is 4.15. The molecular formula is C19H25N3O. The van der Waals surface area contributed by atoms with Crippen LogP contribution < -0.4 is 20.7 Å². The summed E-state index contributed by atoms with van der Waals surface area (Å²) in [6.07, 6.45) is 0. The Morgan fingerprint density at radius 1 is 1.09 bits per heavy atom. The Bertz CT molecular complexity index is 634. The van der Waals surface area contributed by atoms with E-state index in [2.05, 4.69) is 30.1 Å². The molecule has 0 amide bonds. The number of nitrogen functional groups attached to an aromatic ring is 1. The van der Waals surface area contributed by atoms with Crippen molar-refractivity contribution in [3.05, 3.63) is 54.1 Å². The number of hydrogen-bond donors (Lipinski definition) is 2. The van der Waals surface area contributed by atoms with Gasteiger partial charge in [-0.2, -0.15) is 0 Å². The molecule has 3 rings (SSSR count). The number of piperazine rings is 1. The number of nitrogens with two attached hydrogens (primary N) is 1. The minimum atomic E-state index is 0.481. The van der Waals surface area contributed by atoms with Crippen molar-refractivity contribution in [2.75, 3.05) is 23.7 Å². The van der Waals surface area contributed by atoms with Crippen LogP contribution in [0, 0.1) is 0 Å². The van der Waals surface area contributed by atoms with Gasteiger partial charge in [0.15, 0.2) is 0 Å². The van der Waals surface area contributed by atoms with Crippen LogP contribution in [-0.2, 0) is 6.61 Å². The first-order valence-electron chi connectivity index (χ1n) is 8.19. The molecule has 0 saturated carbocycles. The van der Waals surface area contributed by atoms with Gasteiger partial charge in [0.2, 0.25) is 0 Å². The van der Waals surface area contributed by atoms with Crippen molar-refractivity contribution in [1.82, 2.24) is 5.32 Å². The highest BCUT2D eigenvalue weighted by Gasteiger charge is 2.21. The standard InChI is InChI=1S/C19H25N3O/c1-14-11-22(12-15(2)21-14)17-8-9-19(18(20)10-17)23-13-16-6-4-3-5-7-16/h3-10,14-15,21H,11-13,20H2,1-2H3/t14-,15+. The fraction of sp³-hybridized carbons (Fsp3) is 0.368. The molecule has 4 heteroatoms. The molecule has 0 bridgehead atoms. The molecule has 0 aromatic heterocycles. The van der Waals surface area contributed by atoms with E-state index in [1.54, 1.807) is 0 Å². The molecule has 2 aromatic rings. The Morgan fingerprint density at radius 2 is 1.78 bits per heavy atom. The largest absolute Gasteiger partial charge is 0.487 e. The number of rotatable bonds is 4. The van der Waals surface area contributed by atoms with Crippen molar-refractivity contribution >= 4 is 11.4 Å². The van der Waals surface area contributed by atoms with E-state index >= 15 is 0 Å². The first-order chi connectivity index (χ1) is 11.1. The molecule has 2 atom stereocenters. The SMILES string of the molecule is C[C@@H]1CN(c2ccc(OCc3ccccc3)c(N)c2)C[C@H](C)N1. The smallest absolute Gasteiger partial charge is 0.142 e. The molecule has 0 aliphatic carbocycles. The van der Waals surface area contributed by atoms with Gasteiger partial charge >= 0.3 is 0 Å². The summed E-state index contributed by atoms with van der Waals surface area (Å²) >= 11 is 0. The number of nitrogens with one attached hydrogen (secondary N) is 1. The Hall–Kier alpha value is -2.20. The van der Waals surface area contributed by atoms with Crippen molar-refractivity contribution in [2.24, 2.45) is 0 Å². The minimum Gasteiger partial charge on any atom is -0.487 e. The summed E-state index contributed by atoms with van der Waals surface area (Å²) in [4.78, 5) is 2.38. The zero-order chi connectivity index (χ0) is 16.2. The van der Waals surface area contributed by atoms with Crippen LogP contribution in [0.5, 0.6) is 5.75 Å². The normalized spacial score (nSPS) is 21.2. The number of hydrogen-bond acceptors (Lipinski definition) is 4. The summed E-state index contributed by atoms with van der Waals surface area (Å²) in [7, 11) is 0. The van der Waals surface area contributed by atoms with E-state index in [1.807, 2.05) is 42.5 Å². The average molecular weight is 311 g/mol. The van der Waals surface area contributed by atoms with Gasteiger partial charge in [-0.1, -0.05) is 30.3 Å². The molecule has 0 radical (unpaired) electrons. The molecule has 1 aliphatic rings. The predicted molar refractivity (Wildman–Crippen MR) is 95.9 cm³/mol. The van der Waals surface area contributed by atoms with Gasteiger partial charge in [0.25, 0.3) is 0 Å². The van der Waals surface area contributed by atoms with Crippen LogP contribution in [-0.4, -0.2) is 25.2 Å². The fourth-order valence-corrected chi connectivity index (χ4v) is 3.14. The summed E-state index contributed by atoms with van der Waals surface area (Å²) in [5.74, 6) is 0.744. The van der Waals surface area contributed by atoms with Crippen molar-refractivity contribution in [3.8, 4) is 5.75 Å². The van der Waals surface area contributed by atoms with Gasteiger partial charge in [-0.25, -0.2) is 0 Å². The Kier molecular flexibility index (Phi) is 4.72. The molecule has 3 N–H and O–H groups in total. The van der Waals surface area contributed by atoms with E-state index in [1.165, 1.54) is 0 Å². The van der Waals surface area contributed by atoms with Crippen LogP contribution in [0.25, 0.3) is 0 Å². The maximum Gasteiger partial charge on any atom is 0.142 e. The molecular weight excluding hydrogens is 286 g/mol. The third-order valence-corrected chi connectivity index (χ3v) is 4.15. The first kappa shape index (κ1) is 15.7. The van der Waals surface area contributed by atoms with E-state index in [0.717, 1.165) is 30.1 Å². The lowest BCUT2D eigenvalue weighted by Crippen LogP contribution is -2.54. The monoisotopic (exact) mass is 311 g/mol. The summed E-state index contributed by atoms with van der Waals surface area (Å²) in [6.45, 7) is 6.95. The first-order valence-corrected chi connectivity index (χ1v) is 8.19. The lowest BCUT2D eigenvalue weighted by Gasteiger charge is -2.37. The van der Waals surface area contributed by atoms with Gasteiger partial charge in [0, 0.05) is 30.9 Å². The number of ether oxygens (including phenoxy) is 1. The van der Waals surface area contributed by atoms with E-state index in [0.29, 0.717) is 24.4 Å². The van der Waals surface area contributed by atoms with Crippen molar-refractivity contribution in [2.45, 2.75) is 32.5 Å². The number of benzene rings is 2. The summed E-state index contributed by atoms with van der Waals surface area (Å²) < 4.78 is 5.85. The highest BCUT2D eigenvalue weighted by molar-refractivity contribution is 5.63. The lowest BCUT2D eigenvalue weighted by molar-refractivity contribution is 0.308. The molecule has 1 saturated heterocycles. The molecule has 1 heterocycles. The topological polar surface area (TPSA) is 50.5 Å². The van der Waals surface area contributed by atoms with E-state index in [-0.39, 0.29) is 0 Å². The predicted octanol–water partition coefficient (Wildman–Crippen LogP) is 3.03. The summed E-state index contributed by atoms with van der Waals surface area (Å²) in [5.41, 5.74) is 9.19. The fourth-order valence-electron chi connectivity index (χ4n) is 3.14. The molecule has 1 fully saturated rings. The van der Waals surface area contributed by atoms with Gasteiger partial charge < -0.3 is 20.7 Å². The highest BCUT2D eigenvalue weighted by atomic mass is 16.5. The third kappa shape index (κ3) is 3.96. The van der Waals surface area contributed by atoms with Crippen LogP contribution in [0.4, 0.5) is 11.4 Å². The van der Waals surface area contributed by atoms with Crippen LogP contribution >= 0.6 is 0 Å². The molecule has 2 aromatic carbocycles. The molecule has 0 unspecified atom stereocenters. The lowest BCUT2D eigenvalue weighted by atomic mass is 10.1. The van der Waals surface area contributed by atoms with Crippen molar-refractivity contribution in [3.63, 3.8) is 0 Å².